The monoisotopic (exact) mass is 671 g/mol. The number of amides is 1. The Bertz CT molecular complexity index is 2010. The predicted molar refractivity (Wildman–Crippen MR) is 190 cm³/mol. The van der Waals surface area contributed by atoms with Crippen LogP contribution in [0.5, 0.6) is 23.0 Å². The first-order chi connectivity index (χ1) is 24.0. The Morgan fingerprint density at radius 3 is 1.14 bits per heavy atom. The lowest BCUT2D eigenvalue weighted by Crippen LogP contribution is -2.39. The fourth-order valence-electron chi connectivity index (χ4n) is 6.50. The van der Waals surface area contributed by atoms with Crippen molar-refractivity contribution in [2.45, 2.75) is 45.7 Å². The first kappa shape index (κ1) is 33.5. The maximum Gasteiger partial charge on any atom is 0.245 e. The number of nitrogens with two attached hydrogens (primary N) is 1. The molecule has 2 aromatic heterocycles. The number of hydrogen-bond donors (Lipinski definition) is 5. The third-order valence-corrected chi connectivity index (χ3v) is 8.82. The second kappa shape index (κ2) is 13.6. The molecule has 0 saturated carbocycles. The van der Waals surface area contributed by atoms with Gasteiger partial charge in [0.15, 0.2) is 11.8 Å². The SMILES string of the molecule is CCc1c(-c2ccc(O)cc2)nn(C(C(C)=O)C(C(N)=O)n2nc(-c3ccc(O)cc3)c(CC)c2-c2ccc(O)cc2)c1-c1ccc(O)cc1. The maximum atomic E-state index is 14.0. The minimum absolute atomic E-state index is 0.0496. The number of hydrogen-bond acceptors (Lipinski definition) is 8. The average Bonchev–Trinajstić information content (AvgIpc) is 3.67. The maximum absolute atomic E-state index is 14.0. The van der Waals surface area contributed by atoms with Crippen molar-refractivity contribution >= 4 is 11.7 Å². The van der Waals surface area contributed by atoms with Crippen molar-refractivity contribution in [2.24, 2.45) is 5.73 Å². The summed E-state index contributed by atoms with van der Waals surface area (Å²) in [5.41, 5.74) is 12.6. The van der Waals surface area contributed by atoms with Crippen LogP contribution in [-0.4, -0.2) is 51.7 Å². The second-order valence-electron chi connectivity index (χ2n) is 12.0. The summed E-state index contributed by atoms with van der Waals surface area (Å²) in [5, 5.41) is 50.3. The number of carbonyl (C=O) groups is 2. The number of aromatic hydroxyl groups is 4. The molecule has 0 saturated heterocycles. The van der Waals surface area contributed by atoms with Gasteiger partial charge in [-0.1, -0.05) is 13.8 Å². The lowest BCUT2D eigenvalue weighted by Gasteiger charge is -2.27. The molecule has 1 amide bonds. The zero-order valence-electron chi connectivity index (χ0n) is 27.8. The first-order valence-corrected chi connectivity index (χ1v) is 16.2. The molecule has 0 aliphatic carbocycles. The first-order valence-electron chi connectivity index (χ1n) is 16.2. The van der Waals surface area contributed by atoms with Crippen molar-refractivity contribution in [3.05, 3.63) is 108 Å². The molecule has 6 N–H and O–H groups in total. The largest absolute Gasteiger partial charge is 0.508 e. The van der Waals surface area contributed by atoms with E-state index in [2.05, 4.69) is 0 Å². The van der Waals surface area contributed by atoms with Crippen LogP contribution in [0.4, 0.5) is 0 Å². The van der Waals surface area contributed by atoms with Gasteiger partial charge in [0.05, 0.1) is 22.8 Å². The predicted octanol–water partition coefficient (Wildman–Crippen LogP) is 6.55. The minimum Gasteiger partial charge on any atom is -0.508 e. The Hall–Kier alpha value is -6.36. The van der Waals surface area contributed by atoms with Crippen LogP contribution >= 0.6 is 0 Å². The van der Waals surface area contributed by atoms with E-state index in [0.717, 1.165) is 11.1 Å². The van der Waals surface area contributed by atoms with Crippen molar-refractivity contribution in [1.82, 2.24) is 19.6 Å². The summed E-state index contributed by atoms with van der Waals surface area (Å²) in [6.07, 6.45) is 0.970. The number of benzene rings is 4. The molecule has 6 rings (SSSR count). The minimum atomic E-state index is -1.39. The summed E-state index contributed by atoms with van der Waals surface area (Å²) in [6.45, 7) is 5.28. The quantitative estimate of drug-likeness (QED) is 0.103. The fraction of sp³-hybridized carbons (Fsp3) is 0.179. The van der Waals surface area contributed by atoms with Crippen LogP contribution in [0.3, 0.4) is 0 Å². The molecule has 2 unspecified atom stereocenters. The molecule has 0 bridgehead atoms. The molecule has 0 radical (unpaired) electrons. The van der Waals surface area contributed by atoms with E-state index in [0.29, 0.717) is 57.9 Å². The normalized spacial score (nSPS) is 12.5. The van der Waals surface area contributed by atoms with E-state index in [1.807, 2.05) is 13.8 Å². The van der Waals surface area contributed by atoms with E-state index in [4.69, 9.17) is 15.9 Å². The molecule has 11 nitrogen and oxygen atoms in total. The summed E-state index contributed by atoms with van der Waals surface area (Å²) in [4.78, 5) is 27.9. The number of aromatic nitrogens is 4. The van der Waals surface area contributed by atoms with Gasteiger partial charge in [-0.25, -0.2) is 4.68 Å². The highest BCUT2D eigenvalue weighted by Crippen LogP contribution is 2.42. The molecule has 254 valence electrons. The Morgan fingerprint density at radius 1 is 0.560 bits per heavy atom. The number of Topliss-reactive ketones (excluding diaryl/α,β-unsaturated/α-hetero) is 1. The third kappa shape index (κ3) is 6.16. The van der Waals surface area contributed by atoms with Gasteiger partial charge in [-0.3, -0.25) is 14.3 Å². The number of rotatable bonds is 11. The van der Waals surface area contributed by atoms with E-state index >= 15 is 0 Å². The summed E-state index contributed by atoms with van der Waals surface area (Å²) in [5.74, 6) is -0.978. The molecule has 4 aromatic carbocycles. The van der Waals surface area contributed by atoms with Crippen LogP contribution in [0.1, 0.15) is 44.0 Å². The van der Waals surface area contributed by atoms with Crippen LogP contribution in [0.2, 0.25) is 0 Å². The second-order valence-corrected chi connectivity index (χ2v) is 12.0. The van der Waals surface area contributed by atoms with Gasteiger partial charge in [0.25, 0.3) is 0 Å². The Balaban J connectivity index is 1.67. The van der Waals surface area contributed by atoms with Crippen molar-refractivity contribution < 1.29 is 30.0 Å². The molecule has 0 aliphatic rings. The molecule has 11 heteroatoms. The third-order valence-electron chi connectivity index (χ3n) is 8.82. The molecule has 6 aromatic rings. The molecular formula is C39H37N5O6. The summed E-state index contributed by atoms with van der Waals surface area (Å²) in [6, 6.07) is 23.4. The molecule has 50 heavy (non-hydrogen) atoms. The van der Waals surface area contributed by atoms with E-state index in [-0.39, 0.29) is 23.0 Å². The average molecular weight is 672 g/mol. The van der Waals surface area contributed by atoms with E-state index < -0.39 is 23.8 Å². The lowest BCUT2D eigenvalue weighted by atomic mass is 9.97. The zero-order valence-corrected chi connectivity index (χ0v) is 27.8. The highest BCUT2D eigenvalue weighted by molar-refractivity contribution is 5.91. The topological polar surface area (TPSA) is 177 Å². The number of nitrogens with zero attached hydrogens (tertiary/aromatic N) is 4. The molecule has 2 heterocycles. The Labute approximate surface area is 288 Å². The van der Waals surface area contributed by atoms with Crippen LogP contribution in [0, 0.1) is 0 Å². The van der Waals surface area contributed by atoms with Crippen LogP contribution < -0.4 is 5.73 Å². The Morgan fingerprint density at radius 2 is 0.860 bits per heavy atom. The number of phenols is 4. The Kier molecular flexibility index (Phi) is 9.14. The van der Waals surface area contributed by atoms with Crippen molar-refractivity contribution in [3.63, 3.8) is 0 Å². The highest BCUT2D eigenvalue weighted by Gasteiger charge is 2.40. The number of ketones is 1. The van der Waals surface area contributed by atoms with Crippen molar-refractivity contribution in [3.8, 4) is 68.0 Å². The number of primary amides is 1. The van der Waals surface area contributed by atoms with Gasteiger partial charge >= 0.3 is 0 Å². The van der Waals surface area contributed by atoms with E-state index in [9.17, 15) is 30.0 Å². The summed E-state index contributed by atoms with van der Waals surface area (Å²) >= 11 is 0. The van der Waals surface area contributed by atoms with Gasteiger partial charge in [0.2, 0.25) is 5.91 Å². The lowest BCUT2D eigenvalue weighted by molar-refractivity contribution is -0.129. The van der Waals surface area contributed by atoms with E-state index in [1.54, 1.807) is 72.8 Å². The zero-order chi connectivity index (χ0) is 35.7. The van der Waals surface area contributed by atoms with Crippen LogP contribution in [-0.2, 0) is 22.4 Å². The smallest absolute Gasteiger partial charge is 0.245 e. The van der Waals surface area contributed by atoms with Gasteiger partial charge in [-0.15, -0.1) is 0 Å². The van der Waals surface area contributed by atoms with Crippen molar-refractivity contribution in [1.29, 1.82) is 0 Å². The molecule has 0 fully saturated rings. The van der Waals surface area contributed by atoms with Gasteiger partial charge < -0.3 is 26.2 Å². The van der Waals surface area contributed by atoms with Gasteiger partial charge in [0.1, 0.15) is 29.0 Å². The number of phenolic OH excluding ortho intramolecular Hbond substituents is 4. The molecular weight excluding hydrogens is 634 g/mol. The van der Waals surface area contributed by atoms with Crippen molar-refractivity contribution in [2.75, 3.05) is 0 Å². The number of carbonyl (C=O) groups excluding carboxylic acids is 2. The van der Waals surface area contributed by atoms with E-state index in [1.165, 1.54) is 40.6 Å². The van der Waals surface area contributed by atoms with Gasteiger partial charge in [0, 0.05) is 33.4 Å². The highest BCUT2D eigenvalue weighted by atomic mass is 16.3. The van der Waals surface area contributed by atoms with Crippen LogP contribution in [0.25, 0.3) is 45.0 Å². The van der Waals surface area contributed by atoms with Gasteiger partial charge in [-0.05, 0) is 117 Å². The molecule has 0 aliphatic heterocycles. The fourth-order valence-corrected chi connectivity index (χ4v) is 6.50. The van der Waals surface area contributed by atoms with Crippen LogP contribution in [0.15, 0.2) is 97.1 Å². The standard InChI is InChI=1S/C39H37N5O6/c1-4-31-33(23-6-14-27(46)15-7-23)41-43(36(31)25-10-18-29(48)19-11-25)35(22(3)45)38(39(40)50)44-37(26-12-20-30(49)21-13-26)32(5-2)34(42-44)24-8-16-28(47)17-9-24/h6-21,35,38,46-49H,4-5H2,1-3H3,(H2,40,50). The summed E-state index contributed by atoms with van der Waals surface area (Å²) < 4.78 is 3.01. The molecule has 2 atom stereocenters. The molecule has 0 spiro atoms. The van der Waals surface area contributed by atoms with Gasteiger partial charge in [-0.2, -0.15) is 10.2 Å². The summed E-state index contributed by atoms with van der Waals surface area (Å²) in [7, 11) is 0.